The molecule has 0 fully saturated rings. The minimum Gasteiger partial charge on any atom is -0.496 e. The number of para-hydroxylation sites is 1. The van der Waals surface area contributed by atoms with Crippen molar-refractivity contribution in [1.82, 2.24) is 25.4 Å². The average molecular weight is 498 g/mol. The lowest BCUT2D eigenvalue weighted by Crippen LogP contribution is -2.38. The zero-order valence-corrected chi connectivity index (χ0v) is 19.1. The summed E-state index contributed by atoms with van der Waals surface area (Å²) in [6.45, 7) is 5.27. The van der Waals surface area contributed by atoms with Crippen molar-refractivity contribution in [3.05, 3.63) is 41.5 Å². The first-order chi connectivity index (χ1) is 13.3. The molecule has 1 aliphatic heterocycles. The van der Waals surface area contributed by atoms with Gasteiger partial charge in [-0.05, 0) is 25.8 Å². The number of halogens is 1. The normalized spacial score (nSPS) is 13.9. The van der Waals surface area contributed by atoms with Crippen LogP contribution in [-0.2, 0) is 25.9 Å². The van der Waals surface area contributed by atoms with Gasteiger partial charge in [0.15, 0.2) is 5.96 Å². The van der Waals surface area contributed by atoms with E-state index in [4.69, 9.17) is 4.74 Å². The van der Waals surface area contributed by atoms with Crippen LogP contribution in [-0.4, -0.2) is 40.9 Å². The van der Waals surface area contributed by atoms with Gasteiger partial charge in [0.2, 0.25) is 0 Å². The Bertz CT molecular complexity index is 761. The number of aryl methyl sites for hydroxylation is 1. The van der Waals surface area contributed by atoms with Crippen LogP contribution in [0, 0.1) is 0 Å². The fraction of sp³-hybridized carbons (Fsp3) is 0.550. The summed E-state index contributed by atoms with van der Waals surface area (Å²) >= 11 is 0. The number of fused-ring (bicyclic) bond motifs is 1. The molecule has 7 nitrogen and oxygen atoms in total. The highest BCUT2D eigenvalue weighted by atomic mass is 127. The van der Waals surface area contributed by atoms with E-state index in [2.05, 4.69) is 37.3 Å². The van der Waals surface area contributed by atoms with E-state index >= 15 is 0 Å². The Hall–Kier alpha value is -1.84. The van der Waals surface area contributed by atoms with Gasteiger partial charge in [-0.3, -0.25) is 0 Å². The molecule has 0 spiro atoms. The van der Waals surface area contributed by atoms with Crippen LogP contribution in [0.2, 0.25) is 0 Å². The van der Waals surface area contributed by atoms with Crippen molar-refractivity contribution in [2.45, 2.75) is 52.1 Å². The van der Waals surface area contributed by atoms with Crippen LogP contribution in [0.4, 0.5) is 0 Å². The van der Waals surface area contributed by atoms with Gasteiger partial charge in [0, 0.05) is 38.0 Å². The second kappa shape index (κ2) is 11.9. The number of nitrogens with one attached hydrogen (secondary N) is 2. The molecule has 1 aromatic carbocycles. The Morgan fingerprint density at radius 2 is 2.04 bits per heavy atom. The third kappa shape index (κ3) is 6.08. The van der Waals surface area contributed by atoms with Crippen LogP contribution >= 0.6 is 24.0 Å². The summed E-state index contributed by atoms with van der Waals surface area (Å²) < 4.78 is 7.70. The van der Waals surface area contributed by atoms with Crippen molar-refractivity contribution < 1.29 is 4.74 Å². The van der Waals surface area contributed by atoms with Crippen LogP contribution in [0.15, 0.2) is 29.3 Å². The van der Waals surface area contributed by atoms with E-state index in [0.717, 1.165) is 61.4 Å². The van der Waals surface area contributed by atoms with Crippen LogP contribution < -0.4 is 15.4 Å². The fourth-order valence-electron chi connectivity index (χ4n) is 3.36. The van der Waals surface area contributed by atoms with Crippen LogP contribution in [0.5, 0.6) is 5.75 Å². The van der Waals surface area contributed by atoms with E-state index in [9.17, 15) is 0 Å². The molecule has 154 valence electrons. The highest BCUT2D eigenvalue weighted by Crippen LogP contribution is 2.18. The zero-order valence-electron chi connectivity index (χ0n) is 16.8. The largest absolute Gasteiger partial charge is 0.496 e. The van der Waals surface area contributed by atoms with Gasteiger partial charge in [-0.25, -0.2) is 4.99 Å². The first kappa shape index (κ1) is 22.4. The van der Waals surface area contributed by atoms with Gasteiger partial charge in [-0.15, -0.1) is 34.2 Å². The molecule has 0 atom stereocenters. The molecule has 2 N–H and O–H groups in total. The van der Waals surface area contributed by atoms with Crippen molar-refractivity contribution in [3.63, 3.8) is 0 Å². The van der Waals surface area contributed by atoms with Gasteiger partial charge < -0.3 is 19.9 Å². The van der Waals surface area contributed by atoms with E-state index in [0.29, 0.717) is 6.54 Å². The Morgan fingerprint density at radius 3 is 2.86 bits per heavy atom. The molecular formula is C20H31IN6O. The maximum absolute atomic E-state index is 5.40. The Labute approximate surface area is 184 Å². The molecule has 0 saturated heterocycles. The smallest absolute Gasteiger partial charge is 0.191 e. The van der Waals surface area contributed by atoms with Gasteiger partial charge in [0.25, 0.3) is 0 Å². The topological polar surface area (TPSA) is 76.4 Å². The van der Waals surface area contributed by atoms with E-state index in [1.165, 1.54) is 19.3 Å². The molecule has 0 aliphatic carbocycles. The van der Waals surface area contributed by atoms with Crippen LogP contribution in [0.25, 0.3) is 0 Å². The highest BCUT2D eigenvalue weighted by Gasteiger charge is 2.14. The number of hydrogen-bond acceptors (Lipinski definition) is 4. The summed E-state index contributed by atoms with van der Waals surface area (Å²) in [5, 5.41) is 15.5. The first-order valence-electron chi connectivity index (χ1n) is 9.87. The van der Waals surface area contributed by atoms with Crippen molar-refractivity contribution >= 4 is 29.9 Å². The molecule has 0 radical (unpaired) electrons. The molecule has 8 heteroatoms. The molecule has 0 bridgehead atoms. The first-order valence-corrected chi connectivity index (χ1v) is 9.87. The molecule has 2 aromatic rings. The Morgan fingerprint density at radius 1 is 1.18 bits per heavy atom. The summed E-state index contributed by atoms with van der Waals surface area (Å²) in [4.78, 5) is 4.69. The number of methoxy groups -OCH3 is 1. The zero-order chi connectivity index (χ0) is 18.9. The quantitative estimate of drug-likeness (QED) is 0.349. The number of nitrogens with zero attached hydrogens (tertiary/aromatic N) is 4. The summed E-state index contributed by atoms with van der Waals surface area (Å²) in [6.07, 6.45) is 5.60. The molecule has 1 aliphatic rings. The number of benzene rings is 1. The third-order valence-corrected chi connectivity index (χ3v) is 4.77. The monoisotopic (exact) mass is 498 g/mol. The average Bonchev–Trinajstić information content (AvgIpc) is 2.92. The number of hydrogen-bond donors (Lipinski definition) is 2. The van der Waals surface area contributed by atoms with Gasteiger partial charge in [0.05, 0.1) is 13.7 Å². The predicted molar refractivity (Wildman–Crippen MR) is 123 cm³/mol. The molecule has 0 saturated carbocycles. The number of aromatic nitrogens is 3. The molecule has 3 rings (SSSR count). The number of guanidine groups is 1. The molecule has 28 heavy (non-hydrogen) atoms. The van der Waals surface area contributed by atoms with Gasteiger partial charge in [0.1, 0.15) is 17.4 Å². The lowest BCUT2D eigenvalue weighted by atomic mass is 10.2. The van der Waals surface area contributed by atoms with Gasteiger partial charge >= 0.3 is 0 Å². The second-order valence-corrected chi connectivity index (χ2v) is 6.68. The van der Waals surface area contributed by atoms with E-state index in [-0.39, 0.29) is 24.0 Å². The van der Waals surface area contributed by atoms with Crippen molar-refractivity contribution in [2.75, 3.05) is 20.2 Å². The Kier molecular flexibility index (Phi) is 9.52. The molecule has 0 amide bonds. The molecular weight excluding hydrogens is 467 g/mol. The minimum atomic E-state index is 0. The predicted octanol–water partition coefficient (Wildman–Crippen LogP) is 2.93. The van der Waals surface area contributed by atoms with E-state index in [1.54, 1.807) is 7.11 Å². The SMILES string of the molecule is CCNC(=NCc1ccccc1OC)NCCc1nnc2n1CCCCC2.I. The number of aliphatic imine (C=N–C) groups is 1. The number of ether oxygens (including phenoxy) is 1. The maximum atomic E-state index is 5.40. The van der Waals surface area contributed by atoms with Crippen molar-refractivity contribution in [1.29, 1.82) is 0 Å². The molecule has 0 unspecified atom stereocenters. The minimum absolute atomic E-state index is 0. The van der Waals surface area contributed by atoms with Crippen LogP contribution in [0.3, 0.4) is 0 Å². The Balaban J connectivity index is 0.00000280. The number of rotatable bonds is 7. The summed E-state index contributed by atoms with van der Waals surface area (Å²) in [5.74, 6) is 3.88. The summed E-state index contributed by atoms with van der Waals surface area (Å²) in [7, 11) is 1.69. The van der Waals surface area contributed by atoms with E-state index < -0.39 is 0 Å². The lowest BCUT2D eigenvalue weighted by Gasteiger charge is -2.12. The van der Waals surface area contributed by atoms with Gasteiger partial charge in [-0.2, -0.15) is 0 Å². The third-order valence-electron chi connectivity index (χ3n) is 4.77. The second-order valence-electron chi connectivity index (χ2n) is 6.68. The standard InChI is InChI=1S/C20H30N6O.HI/c1-3-21-20(23-15-16-9-6-7-10-17(16)27-2)22-13-12-19-25-24-18-11-5-4-8-14-26(18)19;/h6-7,9-10H,3-5,8,11-15H2,1-2H3,(H2,21,22,23);1H. The van der Waals surface area contributed by atoms with Crippen molar-refractivity contribution in [3.8, 4) is 5.75 Å². The molecule has 2 heterocycles. The van der Waals surface area contributed by atoms with E-state index in [1.807, 2.05) is 24.3 Å². The van der Waals surface area contributed by atoms with Crippen LogP contribution in [0.1, 0.15) is 43.4 Å². The van der Waals surface area contributed by atoms with Crippen molar-refractivity contribution in [2.24, 2.45) is 4.99 Å². The highest BCUT2D eigenvalue weighted by molar-refractivity contribution is 14.0. The maximum Gasteiger partial charge on any atom is 0.191 e. The summed E-state index contributed by atoms with van der Waals surface area (Å²) in [5.41, 5.74) is 1.07. The summed E-state index contributed by atoms with van der Waals surface area (Å²) in [6, 6.07) is 7.97. The molecule has 1 aromatic heterocycles. The lowest BCUT2D eigenvalue weighted by molar-refractivity contribution is 0.410. The van der Waals surface area contributed by atoms with Gasteiger partial charge in [-0.1, -0.05) is 24.6 Å². The fourth-order valence-corrected chi connectivity index (χ4v) is 3.36.